The van der Waals surface area contributed by atoms with Crippen LogP contribution in [0.4, 0.5) is 13.2 Å². The molecular formula is C9H5F3O3. The van der Waals surface area contributed by atoms with E-state index in [9.17, 15) is 22.8 Å². The standard InChI is InChI=1S/C9H5F3O3/c10-6-3-1-2-5(4-6)7(13)9(11,12)8(14)15/h1-4H,(H,14,15). The van der Waals surface area contributed by atoms with Gasteiger partial charge in [-0.1, -0.05) is 12.1 Å². The Morgan fingerprint density at radius 2 is 1.87 bits per heavy atom. The van der Waals surface area contributed by atoms with Crippen LogP contribution in [0.3, 0.4) is 0 Å². The first-order chi connectivity index (χ1) is 6.85. The number of ketones is 1. The van der Waals surface area contributed by atoms with Crippen LogP contribution in [0, 0.1) is 5.82 Å². The van der Waals surface area contributed by atoms with Gasteiger partial charge in [-0.2, -0.15) is 8.78 Å². The fourth-order valence-electron chi connectivity index (χ4n) is 0.908. The van der Waals surface area contributed by atoms with E-state index < -0.39 is 29.1 Å². The van der Waals surface area contributed by atoms with Gasteiger partial charge in [0.15, 0.2) is 0 Å². The molecule has 1 aromatic carbocycles. The molecule has 3 nitrogen and oxygen atoms in total. The summed E-state index contributed by atoms with van der Waals surface area (Å²) < 4.78 is 37.9. The zero-order valence-electron chi connectivity index (χ0n) is 7.21. The number of carbonyl (C=O) groups is 2. The van der Waals surface area contributed by atoms with E-state index in [1.54, 1.807) is 0 Å². The Labute approximate surface area is 82.1 Å². The molecule has 0 aliphatic heterocycles. The molecule has 1 N–H and O–H groups in total. The second-order valence-electron chi connectivity index (χ2n) is 2.72. The Balaban J connectivity index is 3.10. The van der Waals surface area contributed by atoms with E-state index in [4.69, 9.17) is 5.11 Å². The monoisotopic (exact) mass is 218 g/mol. The van der Waals surface area contributed by atoms with Crippen molar-refractivity contribution < 1.29 is 27.9 Å². The van der Waals surface area contributed by atoms with E-state index >= 15 is 0 Å². The topological polar surface area (TPSA) is 54.4 Å². The zero-order chi connectivity index (χ0) is 11.6. The van der Waals surface area contributed by atoms with Crippen LogP contribution in [0.1, 0.15) is 10.4 Å². The summed E-state index contributed by atoms with van der Waals surface area (Å²) in [6, 6.07) is 3.47. The van der Waals surface area contributed by atoms with Gasteiger partial charge in [0.1, 0.15) is 5.82 Å². The minimum absolute atomic E-state index is 0.555. The summed E-state index contributed by atoms with van der Waals surface area (Å²) in [5, 5.41) is 8.08. The van der Waals surface area contributed by atoms with Crippen LogP contribution in [0.2, 0.25) is 0 Å². The van der Waals surface area contributed by atoms with Crippen LogP contribution >= 0.6 is 0 Å². The first kappa shape index (κ1) is 11.2. The van der Waals surface area contributed by atoms with E-state index in [-0.39, 0.29) is 0 Å². The van der Waals surface area contributed by atoms with Crippen molar-refractivity contribution in [2.24, 2.45) is 0 Å². The lowest BCUT2D eigenvalue weighted by Gasteiger charge is -2.09. The lowest BCUT2D eigenvalue weighted by Crippen LogP contribution is -2.37. The van der Waals surface area contributed by atoms with Crippen molar-refractivity contribution in [3.8, 4) is 0 Å². The Bertz CT molecular complexity index is 415. The van der Waals surface area contributed by atoms with E-state index in [0.717, 1.165) is 18.2 Å². The number of hydrogen-bond acceptors (Lipinski definition) is 2. The van der Waals surface area contributed by atoms with Crippen LogP contribution < -0.4 is 0 Å². The fourth-order valence-corrected chi connectivity index (χ4v) is 0.908. The second-order valence-corrected chi connectivity index (χ2v) is 2.72. The third-order valence-electron chi connectivity index (χ3n) is 1.64. The summed E-state index contributed by atoms with van der Waals surface area (Å²) in [4.78, 5) is 21.0. The number of alkyl halides is 2. The molecule has 1 rings (SSSR count). The van der Waals surface area contributed by atoms with Gasteiger partial charge in [-0.05, 0) is 12.1 Å². The number of Topliss-reactive ketones (excluding diaryl/α,β-unsaturated/α-hetero) is 1. The van der Waals surface area contributed by atoms with E-state index in [2.05, 4.69) is 0 Å². The van der Waals surface area contributed by atoms with Gasteiger partial charge in [0, 0.05) is 5.56 Å². The lowest BCUT2D eigenvalue weighted by molar-refractivity contribution is -0.157. The summed E-state index contributed by atoms with van der Waals surface area (Å²) in [7, 11) is 0. The van der Waals surface area contributed by atoms with Crippen molar-refractivity contribution in [1.29, 1.82) is 0 Å². The largest absolute Gasteiger partial charge is 0.476 e. The molecule has 1 aromatic rings. The first-order valence-corrected chi connectivity index (χ1v) is 3.77. The van der Waals surface area contributed by atoms with Crippen LogP contribution in [0.15, 0.2) is 24.3 Å². The molecule has 0 atom stereocenters. The predicted molar refractivity (Wildman–Crippen MR) is 43.3 cm³/mol. The molecule has 0 heterocycles. The Kier molecular flexibility index (Phi) is 2.78. The molecule has 0 unspecified atom stereocenters. The molecule has 0 spiro atoms. The van der Waals surface area contributed by atoms with Crippen molar-refractivity contribution in [3.63, 3.8) is 0 Å². The van der Waals surface area contributed by atoms with Crippen molar-refractivity contribution in [2.45, 2.75) is 5.92 Å². The third-order valence-corrected chi connectivity index (χ3v) is 1.64. The van der Waals surface area contributed by atoms with E-state index in [0.29, 0.717) is 6.07 Å². The molecule has 15 heavy (non-hydrogen) atoms. The summed E-state index contributed by atoms with van der Waals surface area (Å²) in [6.07, 6.45) is 0. The minimum atomic E-state index is -4.53. The van der Waals surface area contributed by atoms with Crippen LogP contribution in [0.5, 0.6) is 0 Å². The molecule has 6 heteroatoms. The van der Waals surface area contributed by atoms with Gasteiger partial charge in [0.2, 0.25) is 5.78 Å². The van der Waals surface area contributed by atoms with Crippen LogP contribution in [-0.2, 0) is 4.79 Å². The van der Waals surface area contributed by atoms with Gasteiger partial charge in [-0.3, -0.25) is 4.79 Å². The zero-order valence-corrected chi connectivity index (χ0v) is 7.21. The number of halogens is 3. The summed E-state index contributed by atoms with van der Waals surface area (Å²) in [6.45, 7) is 0. The highest BCUT2D eigenvalue weighted by molar-refractivity contribution is 6.13. The molecule has 80 valence electrons. The van der Waals surface area contributed by atoms with Gasteiger partial charge in [0.05, 0.1) is 0 Å². The molecule has 0 aliphatic rings. The number of carboxylic acids is 1. The van der Waals surface area contributed by atoms with E-state index in [1.165, 1.54) is 0 Å². The molecule has 0 fully saturated rings. The average Bonchev–Trinajstić information content (AvgIpc) is 2.16. The van der Waals surface area contributed by atoms with E-state index in [1.807, 2.05) is 0 Å². The van der Waals surface area contributed by atoms with Crippen molar-refractivity contribution in [2.75, 3.05) is 0 Å². The normalized spacial score (nSPS) is 11.1. The molecule has 0 bridgehead atoms. The highest BCUT2D eigenvalue weighted by Crippen LogP contribution is 2.20. The molecule has 0 radical (unpaired) electrons. The highest BCUT2D eigenvalue weighted by Gasteiger charge is 2.47. The summed E-state index contributed by atoms with van der Waals surface area (Å²) >= 11 is 0. The summed E-state index contributed by atoms with van der Waals surface area (Å²) in [5.74, 6) is -9.92. The SMILES string of the molecule is O=C(O)C(F)(F)C(=O)c1cccc(F)c1. The number of carboxylic acid groups (broad SMARTS) is 1. The molecule has 0 amide bonds. The first-order valence-electron chi connectivity index (χ1n) is 3.77. The van der Waals surface area contributed by atoms with Crippen LogP contribution in [0.25, 0.3) is 0 Å². The van der Waals surface area contributed by atoms with Crippen LogP contribution in [-0.4, -0.2) is 22.8 Å². The molecule has 0 aromatic heterocycles. The van der Waals surface area contributed by atoms with Gasteiger partial charge in [-0.25, -0.2) is 9.18 Å². The van der Waals surface area contributed by atoms with Crippen molar-refractivity contribution in [3.05, 3.63) is 35.6 Å². The smallest absolute Gasteiger partial charge is 0.404 e. The van der Waals surface area contributed by atoms with Gasteiger partial charge >= 0.3 is 11.9 Å². The van der Waals surface area contributed by atoms with Gasteiger partial charge < -0.3 is 5.11 Å². The average molecular weight is 218 g/mol. The lowest BCUT2D eigenvalue weighted by atomic mass is 10.1. The van der Waals surface area contributed by atoms with Gasteiger partial charge in [-0.15, -0.1) is 0 Å². The molecule has 0 aliphatic carbocycles. The number of benzene rings is 1. The molecular weight excluding hydrogens is 213 g/mol. The number of hydrogen-bond donors (Lipinski definition) is 1. The molecule has 0 saturated heterocycles. The Morgan fingerprint density at radius 3 is 2.33 bits per heavy atom. The number of aliphatic carboxylic acids is 1. The quantitative estimate of drug-likeness (QED) is 0.620. The maximum absolute atomic E-state index is 12.7. The maximum Gasteiger partial charge on any atom is 0.404 e. The number of carbonyl (C=O) groups excluding carboxylic acids is 1. The van der Waals surface area contributed by atoms with Crippen molar-refractivity contribution in [1.82, 2.24) is 0 Å². The maximum atomic E-state index is 12.7. The Morgan fingerprint density at radius 1 is 1.27 bits per heavy atom. The minimum Gasteiger partial charge on any atom is -0.476 e. The predicted octanol–water partition coefficient (Wildman–Crippen LogP) is 1.73. The van der Waals surface area contributed by atoms with Crippen molar-refractivity contribution >= 4 is 11.8 Å². The second kappa shape index (κ2) is 3.72. The van der Waals surface area contributed by atoms with Gasteiger partial charge in [0.25, 0.3) is 0 Å². The highest BCUT2D eigenvalue weighted by atomic mass is 19.3. The number of rotatable bonds is 3. The Hall–Kier alpha value is -1.85. The third kappa shape index (κ3) is 2.15. The molecule has 0 saturated carbocycles. The summed E-state index contributed by atoms with van der Waals surface area (Å²) in [5.41, 5.74) is -0.678. The fraction of sp³-hybridized carbons (Fsp3) is 0.111.